The molecule has 0 saturated heterocycles. The van der Waals surface area contributed by atoms with Crippen molar-refractivity contribution in [3.05, 3.63) is 32.2 Å². The molecule has 0 radical (unpaired) electrons. The van der Waals surface area contributed by atoms with Crippen LogP contribution in [-0.4, -0.2) is 11.4 Å². The van der Waals surface area contributed by atoms with Crippen LogP contribution in [0.3, 0.4) is 0 Å². The Kier molecular flexibility index (Phi) is 2.85. The molecule has 0 bridgehead atoms. The molecule has 2 rings (SSSR count). The number of carbonyl (C=O) groups is 1. The molecule has 1 heterocycles. The molecule has 1 aromatic carbocycles. The SMILES string of the molecule is O=Cc1c(I)cc(CO)c2ccsc12. The second-order valence-electron chi connectivity index (χ2n) is 2.87. The first-order valence-corrected chi connectivity index (χ1v) is 5.98. The summed E-state index contributed by atoms with van der Waals surface area (Å²) in [5.41, 5.74) is 1.61. The summed E-state index contributed by atoms with van der Waals surface area (Å²) < 4.78 is 1.87. The average Bonchev–Trinajstić information content (AvgIpc) is 2.65. The van der Waals surface area contributed by atoms with Gasteiger partial charge in [0.05, 0.1) is 6.61 Å². The van der Waals surface area contributed by atoms with E-state index in [1.54, 1.807) is 0 Å². The minimum atomic E-state index is 0.0162. The number of carbonyl (C=O) groups excluding carboxylic acids is 1. The van der Waals surface area contributed by atoms with Gasteiger partial charge in [0.25, 0.3) is 0 Å². The first-order chi connectivity index (χ1) is 6.77. The molecule has 2 nitrogen and oxygen atoms in total. The van der Waals surface area contributed by atoms with Crippen LogP contribution in [0, 0.1) is 3.57 Å². The number of aliphatic hydroxyl groups is 1. The van der Waals surface area contributed by atoms with Gasteiger partial charge in [0.1, 0.15) is 0 Å². The molecule has 2 aromatic rings. The topological polar surface area (TPSA) is 37.3 Å². The van der Waals surface area contributed by atoms with E-state index in [-0.39, 0.29) is 6.61 Å². The van der Waals surface area contributed by atoms with Gasteiger partial charge in [-0.1, -0.05) is 0 Å². The molecule has 14 heavy (non-hydrogen) atoms. The zero-order chi connectivity index (χ0) is 10.1. The summed E-state index contributed by atoms with van der Waals surface area (Å²) in [4.78, 5) is 10.9. The molecule has 0 saturated carbocycles. The van der Waals surface area contributed by atoms with Crippen molar-refractivity contribution >= 4 is 50.3 Å². The summed E-state index contributed by atoms with van der Waals surface area (Å²) in [6.07, 6.45) is 0.877. The molecule has 0 atom stereocenters. The predicted molar refractivity (Wildman–Crippen MR) is 65.9 cm³/mol. The van der Waals surface area contributed by atoms with Gasteiger partial charge >= 0.3 is 0 Å². The Bertz CT molecular complexity index is 490. The third-order valence-electron chi connectivity index (χ3n) is 2.10. The third kappa shape index (κ3) is 1.47. The van der Waals surface area contributed by atoms with Gasteiger partial charge in [-0.2, -0.15) is 0 Å². The van der Waals surface area contributed by atoms with Crippen LogP contribution in [-0.2, 0) is 6.61 Å². The highest BCUT2D eigenvalue weighted by molar-refractivity contribution is 14.1. The van der Waals surface area contributed by atoms with Crippen LogP contribution in [0.15, 0.2) is 17.5 Å². The second kappa shape index (κ2) is 3.96. The minimum absolute atomic E-state index is 0.0162. The van der Waals surface area contributed by atoms with Crippen LogP contribution in [0.4, 0.5) is 0 Å². The van der Waals surface area contributed by atoms with Gasteiger partial charge in [-0.3, -0.25) is 4.79 Å². The predicted octanol–water partition coefficient (Wildman–Crippen LogP) is 2.81. The van der Waals surface area contributed by atoms with Crippen LogP contribution in [0.25, 0.3) is 10.1 Å². The normalized spacial score (nSPS) is 10.7. The Balaban J connectivity index is 2.88. The van der Waals surface area contributed by atoms with Crippen LogP contribution in [0.1, 0.15) is 15.9 Å². The number of rotatable bonds is 2. The van der Waals surface area contributed by atoms with Crippen molar-refractivity contribution in [3.8, 4) is 0 Å². The van der Waals surface area contributed by atoms with Gasteiger partial charge in [0.2, 0.25) is 0 Å². The van der Waals surface area contributed by atoms with Gasteiger partial charge in [-0.05, 0) is 51.1 Å². The summed E-state index contributed by atoms with van der Waals surface area (Å²) in [5, 5.41) is 12.1. The highest BCUT2D eigenvalue weighted by atomic mass is 127. The highest BCUT2D eigenvalue weighted by Gasteiger charge is 2.10. The van der Waals surface area contributed by atoms with Crippen molar-refractivity contribution in [3.63, 3.8) is 0 Å². The molecule has 4 heteroatoms. The van der Waals surface area contributed by atoms with E-state index in [1.807, 2.05) is 17.5 Å². The standard InChI is InChI=1S/C10H7IO2S/c11-9-3-6(4-12)7-1-2-14-10(7)8(9)5-13/h1-3,5,12H,4H2. The summed E-state index contributed by atoms with van der Waals surface area (Å²) in [7, 11) is 0. The quantitative estimate of drug-likeness (QED) is 0.683. The number of aldehydes is 1. The van der Waals surface area contributed by atoms with Crippen LogP contribution < -0.4 is 0 Å². The molecule has 0 unspecified atom stereocenters. The lowest BCUT2D eigenvalue weighted by atomic mass is 10.1. The van der Waals surface area contributed by atoms with Crippen molar-refractivity contribution in [2.24, 2.45) is 0 Å². The van der Waals surface area contributed by atoms with E-state index in [0.29, 0.717) is 0 Å². The minimum Gasteiger partial charge on any atom is -0.392 e. The average molecular weight is 318 g/mol. The van der Waals surface area contributed by atoms with E-state index in [0.717, 1.165) is 31.1 Å². The molecule has 0 aliphatic heterocycles. The molecule has 0 amide bonds. The van der Waals surface area contributed by atoms with E-state index in [4.69, 9.17) is 5.11 Å². The van der Waals surface area contributed by atoms with Gasteiger partial charge in [0, 0.05) is 13.8 Å². The maximum absolute atomic E-state index is 10.9. The second-order valence-corrected chi connectivity index (χ2v) is 4.95. The van der Waals surface area contributed by atoms with Gasteiger partial charge in [-0.15, -0.1) is 11.3 Å². The molecular weight excluding hydrogens is 311 g/mol. The monoisotopic (exact) mass is 318 g/mol. The Labute approximate surface area is 98.7 Å². The lowest BCUT2D eigenvalue weighted by Gasteiger charge is -2.03. The van der Waals surface area contributed by atoms with E-state index in [1.165, 1.54) is 11.3 Å². The zero-order valence-corrected chi connectivity index (χ0v) is 10.1. The van der Waals surface area contributed by atoms with Crippen molar-refractivity contribution in [2.75, 3.05) is 0 Å². The Morgan fingerprint density at radius 1 is 1.57 bits per heavy atom. The summed E-state index contributed by atoms with van der Waals surface area (Å²) >= 11 is 3.65. The summed E-state index contributed by atoms with van der Waals surface area (Å²) in [5.74, 6) is 0. The van der Waals surface area contributed by atoms with E-state index in [2.05, 4.69) is 22.6 Å². The van der Waals surface area contributed by atoms with Gasteiger partial charge < -0.3 is 5.11 Å². The van der Waals surface area contributed by atoms with Gasteiger partial charge in [0.15, 0.2) is 6.29 Å². The first kappa shape index (κ1) is 10.1. The maximum atomic E-state index is 10.9. The van der Waals surface area contributed by atoms with E-state index in [9.17, 15) is 4.79 Å². The van der Waals surface area contributed by atoms with Crippen molar-refractivity contribution in [1.82, 2.24) is 0 Å². The van der Waals surface area contributed by atoms with Crippen LogP contribution in [0.5, 0.6) is 0 Å². The number of aliphatic hydroxyl groups excluding tert-OH is 1. The Morgan fingerprint density at radius 2 is 2.36 bits per heavy atom. The highest BCUT2D eigenvalue weighted by Crippen LogP contribution is 2.30. The zero-order valence-electron chi connectivity index (χ0n) is 7.16. The van der Waals surface area contributed by atoms with E-state index < -0.39 is 0 Å². The number of benzene rings is 1. The van der Waals surface area contributed by atoms with Crippen molar-refractivity contribution < 1.29 is 9.90 Å². The first-order valence-electron chi connectivity index (χ1n) is 4.02. The number of halogens is 1. The maximum Gasteiger partial charge on any atom is 0.152 e. The number of thiophene rings is 1. The summed E-state index contributed by atoms with van der Waals surface area (Å²) in [6, 6.07) is 3.80. The van der Waals surface area contributed by atoms with E-state index >= 15 is 0 Å². The molecule has 0 aliphatic rings. The van der Waals surface area contributed by atoms with Crippen molar-refractivity contribution in [2.45, 2.75) is 6.61 Å². The van der Waals surface area contributed by atoms with Crippen molar-refractivity contribution in [1.29, 1.82) is 0 Å². The molecule has 0 fully saturated rings. The molecular formula is C10H7IO2S. The smallest absolute Gasteiger partial charge is 0.152 e. The number of hydrogen-bond donors (Lipinski definition) is 1. The Hall–Kier alpha value is -0.460. The Morgan fingerprint density at radius 3 is 3.00 bits per heavy atom. The number of hydrogen-bond acceptors (Lipinski definition) is 3. The fourth-order valence-electron chi connectivity index (χ4n) is 1.43. The fraction of sp³-hybridized carbons (Fsp3) is 0.100. The third-order valence-corrected chi connectivity index (χ3v) is 3.94. The van der Waals surface area contributed by atoms with Crippen LogP contribution in [0.2, 0.25) is 0 Å². The lowest BCUT2D eigenvalue weighted by Crippen LogP contribution is -1.91. The summed E-state index contributed by atoms with van der Waals surface area (Å²) in [6.45, 7) is 0.0162. The molecule has 1 N–H and O–H groups in total. The molecule has 0 spiro atoms. The molecule has 72 valence electrons. The molecule has 0 aliphatic carbocycles. The molecule has 1 aromatic heterocycles. The van der Waals surface area contributed by atoms with Gasteiger partial charge in [-0.25, -0.2) is 0 Å². The van der Waals surface area contributed by atoms with Crippen LogP contribution >= 0.6 is 33.9 Å². The number of fused-ring (bicyclic) bond motifs is 1. The lowest BCUT2D eigenvalue weighted by molar-refractivity contribution is 0.112. The fourth-order valence-corrected chi connectivity index (χ4v) is 3.34. The largest absolute Gasteiger partial charge is 0.392 e.